The van der Waals surface area contributed by atoms with Crippen LogP contribution in [0.4, 0.5) is 5.69 Å². The zero-order chi connectivity index (χ0) is 14.5. The number of hydrogen-bond acceptors (Lipinski definition) is 4. The largest absolute Gasteiger partial charge is 0.465 e. The van der Waals surface area contributed by atoms with Gasteiger partial charge in [0.05, 0.1) is 18.8 Å². The fourth-order valence-corrected chi connectivity index (χ4v) is 2.76. The Morgan fingerprint density at radius 2 is 1.95 bits per heavy atom. The molecule has 0 atom stereocenters. The second-order valence-corrected chi connectivity index (χ2v) is 5.47. The molecule has 0 aromatic heterocycles. The third kappa shape index (κ3) is 3.64. The normalized spacial score (nSPS) is 22.4. The standard InChI is InChI=1S/C15H20ClNO3/c1-19-12-6-4-11(5-7-12)17-14-8-3-10(16)9-13(14)15(18)20-2/h3,8-9,11-12,17H,4-7H2,1-2H3. The van der Waals surface area contributed by atoms with Crippen LogP contribution in [0, 0.1) is 0 Å². The van der Waals surface area contributed by atoms with Crippen LogP contribution >= 0.6 is 11.6 Å². The fraction of sp³-hybridized carbons (Fsp3) is 0.533. The van der Waals surface area contributed by atoms with Gasteiger partial charge in [-0.15, -0.1) is 0 Å². The van der Waals surface area contributed by atoms with Crippen LogP contribution in [0.2, 0.25) is 5.02 Å². The summed E-state index contributed by atoms with van der Waals surface area (Å²) in [5, 5.41) is 3.95. The number of anilines is 1. The molecule has 1 N–H and O–H groups in total. The Morgan fingerprint density at radius 1 is 1.25 bits per heavy atom. The van der Waals surface area contributed by atoms with Crippen molar-refractivity contribution in [1.29, 1.82) is 0 Å². The number of benzene rings is 1. The predicted molar refractivity (Wildman–Crippen MR) is 79.5 cm³/mol. The van der Waals surface area contributed by atoms with Gasteiger partial charge in [-0.3, -0.25) is 0 Å². The minimum atomic E-state index is -0.374. The lowest BCUT2D eigenvalue weighted by molar-refractivity contribution is 0.0600. The van der Waals surface area contributed by atoms with Crippen LogP contribution in [0.3, 0.4) is 0 Å². The van der Waals surface area contributed by atoms with Gasteiger partial charge in [0.25, 0.3) is 0 Å². The van der Waals surface area contributed by atoms with E-state index in [4.69, 9.17) is 21.1 Å². The van der Waals surface area contributed by atoms with Crippen LogP contribution in [0.25, 0.3) is 0 Å². The summed E-state index contributed by atoms with van der Waals surface area (Å²) in [4.78, 5) is 11.8. The zero-order valence-electron chi connectivity index (χ0n) is 11.8. The van der Waals surface area contributed by atoms with E-state index < -0.39 is 0 Å². The molecule has 1 fully saturated rings. The van der Waals surface area contributed by atoms with Crippen molar-refractivity contribution < 1.29 is 14.3 Å². The van der Waals surface area contributed by atoms with Gasteiger partial charge in [0.2, 0.25) is 0 Å². The Bertz CT molecular complexity index is 470. The Labute approximate surface area is 124 Å². The Kier molecular flexibility index (Phi) is 5.26. The third-order valence-corrected chi connectivity index (χ3v) is 3.99. The quantitative estimate of drug-likeness (QED) is 0.864. The summed E-state index contributed by atoms with van der Waals surface area (Å²) in [5.41, 5.74) is 1.26. The molecule has 5 heteroatoms. The number of nitrogens with one attached hydrogen (secondary N) is 1. The number of esters is 1. The number of ether oxygens (including phenoxy) is 2. The minimum Gasteiger partial charge on any atom is -0.465 e. The van der Waals surface area contributed by atoms with E-state index >= 15 is 0 Å². The van der Waals surface area contributed by atoms with Crippen LogP contribution in [-0.4, -0.2) is 32.3 Å². The number of rotatable bonds is 4. The second kappa shape index (κ2) is 6.95. The number of carbonyl (C=O) groups excluding carboxylic acids is 1. The van der Waals surface area contributed by atoms with Crippen molar-refractivity contribution in [2.24, 2.45) is 0 Å². The van der Waals surface area contributed by atoms with Gasteiger partial charge in [-0.2, -0.15) is 0 Å². The van der Waals surface area contributed by atoms with Crippen molar-refractivity contribution >= 4 is 23.3 Å². The zero-order valence-corrected chi connectivity index (χ0v) is 12.6. The van der Waals surface area contributed by atoms with Crippen LogP contribution in [0.15, 0.2) is 18.2 Å². The molecule has 1 aliphatic carbocycles. The van der Waals surface area contributed by atoms with E-state index in [0.717, 1.165) is 31.4 Å². The molecule has 0 bridgehead atoms. The Morgan fingerprint density at radius 3 is 2.55 bits per heavy atom. The van der Waals surface area contributed by atoms with Gasteiger partial charge in [-0.25, -0.2) is 4.79 Å². The molecule has 0 radical (unpaired) electrons. The molecule has 20 heavy (non-hydrogen) atoms. The van der Waals surface area contributed by atoms with Gasteiger partial charge < -0.3 is 14.8 Å². The van der Waals surface area contributed by atoms with Crippen molar-refractivity contribution in [3.8, 4) is 0 Å². The van der Waals surface area contributed by atoms with Crippen LogP contribution in [0.1, 0.15) is 36.0 Å². The molecule has 1 aromatic carbocycles. The van der Waals surface area contributed by atoms with E-state index in [9.17, 15) is 4.79 Å². The topological polar surface area (TPSA) is 47.6 Å². The minimum absolute atomic E-state index is 0.353. The molecule has 2 rings (SSSR count). The van der Waals surface area contributed by atoms with E-state index in [-0.39, 0.29) is 5.97 Å². The number of methoxy groups -OCH3 is 2. The van der Waals surface area contributed by atoms with Gasteiger partial charge in [0, 0.05) is 23.9 Å². The first-order valence-electron chi connectivity index (χ1n) is 6.81. The SMILES string of the molecule is COC(=O)c1cc(Cl)ccc1NC1CCC(OC)CC1. The molecular formula is C15H20ClNO3. The highest BCUT2D eigenvalue weighted by atomic mass is 35.5. The van der Waals surface area contributed by atoms with Crippen LogP contribution < -0.4 is 5.32 Å². The summed E-state index contributed by atoms with van der Waals surface area (Å²) in [6, 6.07) is 5.59. The number of halogens is 1. The summed E-state index contributed by atoms with van der Waals surface area (Å²) in [6.45, 7) is 0. The maximum absolute atomic E-state index is 11.8. The molecule has 0 spiro atoms. The highest BCUT2D eigenvalue weighted by Gasteiger charge is 2.22. The second-order valence-electron chi connectivity index (χ2n) is 5.04. The fourth-order valence-electron chi connectivity index (χ4n) is 2.58. The summed E-state index contributed by atoms with van der Waals surface area (Å²) < 4.78 is 10.2. The maximum Gasteiger partial charge on any atom is 0.340 e. The Hall–Kier alpha value is -1.26. The first-order chi connectivity index (χ1) is 9.63. The summed E-state index contributed by atoms with van der Waals surface area (Å²) >= 11 is 5.95. The van der Waals surface area contributed by atoms with Gasteiger partial charge in [-0.05, 0) is 43.9 Å². The summed E-state index contributed by atoms with van der Waals surface area (Å²) in [5.74, 6) is -0.374. The molecular weight excluding hydrogens is 278 g/mol. The van der Waals surface area contributed by atoms with Gasteiger partial charge in [0.15, 0.2) is 0 Å². The molecule has 1 aliphatic rings. The number of carbonyl (C=O) groups is 1. The van der Waals surface area contributed by atoms with Gasteiger partial charge >= 0.3 is 5.97 Å². The van der Waals surface area contributed by atoms with Crippen LogP contribution in [-0.2, 0) is 9.47 Å². The predicted octanol–water partition coefficient (Wildman–Crippen LogP) is 3.50. The molecule has 0 unspecified atom stereocenters. The first kappa shape index (κ1) is 15.1. The van der Waals surface area contributed by atoms with E-state index in [1.165, 1.54) is 7.11 Å². The third-order valence-electron chi connectivity index (χ3n) is 3.75. The monoisotopic (exact) mass is 297 g/mol. The van der Waals surface area contributed by atoms with E-state index in [2.05, 4.69) is 5.32 Å². The van der Waals surface area contributed by atoms with Crippen molar-refractivity contribution in [1.82, 2.24) is 0 Å². The van der Waals surface area contributed by atoms with Crippen molar-refractivity contribution in [3.05, 3.63) is 28.8 Å². The van der Waals surface area contributed by atoms with Crippen molar-refractivity contribution in [2.75, 3.05) is 19.5 Å². The molecule has 110 valence electrons. The van der Waals surface area contributed by atoms with Crippen molar-refractivity contribution in [3.63, 3.8) is 0 Å². The number of hydrogen-bond donors (Lipinski definition) is 1. The summed E-state index contributed by atoms with van der Waals surface area (Å²) in [7, 11) is 3.13. The van der Waals surface area contributed by atoms with Crippen LogP contribution in [0.5, 0.6) is 0 Å². The van der Waals surface area contributed by atoms with Crippen molar-refractivity contribution in [2.45, 2.75) is 37.8 Å². The lowest BCUT2D eigenvalue weighted by Crippen LogP contribution is -2.29. The highest BCUT2D eigenvalue weighted by molar-refractivity contribution is 6.31. The molecule has 0 saturated heterocycles. The van der Waals surface area contributed by atoms with E-state index in [1.807, 2.05) is 6.07 Å². The smallest absolute Gasteiger partial charge is 0.340 e. The molecule has 1 saturated carbocycles. The average molecular weight is 298 g/mol. The average Bonchev–Trinajstić information content (AvgIpc) is 2.49. The highest BCUT2D eigenvalue weighted by Crippen LogP contribution is 2.27. The molecule has 0 aliphatic heterocycles. The molecule has 1 aromatic rings. The molecule has 0 heterocycles. The van der Waals surface area contributed by atoms with E-state index in [0.29, 0.717) is 22.7 Å². The van der Waals surface area contributed by atoms with Gasteiger partial charge in [-0.1, -0.05) is 11.6 Å². The molecule has 0 amide bonds. The Balaban J connectivity index is 2.07. The van der Waals surface area contributed by atoms with Gasteiger partial charge in [0.1, 0.15) is 0 Å². The lowest BCUT2D eigenvalue weighted by atomic mass is 9.92. The van der Waals surface area contributed by atoms with E-state index in [1.54, 1.807) is 19.2 Å². The first-order valence-corrected chi connectivity index (χ1v) is 7.19. The maximum atomic E-state index is 11.8. The molecule has 4 nitrogen and oxygen atoms in total. The lowest BCUT2D eigenvalue weighted by Gasteiger charge is -2.29. The summed E-state index contributed by atoms with van der Waals surface area (Å²) in [6.07, 6.45) is 4.49.